The third-order valence-corrected chi connectivity index (χ3v) is 2.91. The Balaban J connectivity index is 2.87. The fraction of sp³-hybridized carbons (Fsp3) is 0.714. The molecule has 1 rings (SSSR count). The highest BCUT2D eigenvalue weighted by atomic mass is 16.6. The summed E-state index contributed by atoms with van der Waals surface area (Å²) >= 11 is 0. The van der Waals surface area contributed by atoms with Gasteiger partial charge >= 0.3 is 12.1 Å². The summed E-state index contributed by atoms with van der Waals surface area (Å²) in [5, 5.41) is 9.25. The van der Waals surface area contributed by atoms with Crippen molar-refractivity contribution in [2.24, 2.45) is 0 Å². The fourth-order valence-corrected chi connectivity index (χ4v) is 2.21. The molecule has 19 heavy (non-hydrogen) atoms. The largest absolute Gasteiger partial charge is 0.478 e. The number of carboxylic acid groups (broad SMARTS) is 1. The number of nitrogens with zero attached hydrogens (tertiary/aromatic N) is 1. The molecule has 1 saturated heterocycles. The number of ether oxygens (including phenoxy) is 1. The van der Waals surface area contributed by atoms with Gasteiger partial charge in [-0.05, 0) is 40.0 Å². The smallest absolute Gasteiger partial charge is 0.410 e. The van der Waals surface area contributed by atoms with Crippen molar-refractivity contribution in [3.8, 4) is 0 Å². The number of hydrogen-bond donors (Lipinski definition) is 1. The summed E-state index contributed by atoms with van der Waals surface area (Å²) < 4.78 is 5.33. The fourth-order valence-electron chi connectivity index (χ4n) is 2.21. The Hall–Kier alpha value is -1.52. The molecule has 5 nitrogen and oxygen atoms in total. The molecule has 1 unspecified atom stereocenters. The molecule has 5 heteroatoms. The van der Waals surface area contributed by atoms with Crippen LogP contribution >= 0.6 is 0 Å². The molecule has 0 aliphatic carbocycles. The molecular formula is C14H23NO4. The van der Waals surface area contributed by atoms with Crippen molar-refractivity contribution in [2.45, 2.75) is 58.6 Å². The Kier molecular flexibility index (Phi) is 4.97. The van der Waals surface area contributed by atoms with Gasteiger partial charge in [-0.1, -0.05) is 13.0 Å². The Morgan fingerprint density at radius 1 is 1.42 bits per heavy atom. The van der Waals surface area contributed by atoms with E-state index < -0.39 is 17.7 Å². The SMILES string of the molecule is CCC=C(C(=O)O)C1CCCN1C(=O)OC(C)(C)C. The van der Waals surface area contributed by atoms with Crippen molar-refractivity contribution in [1.82, 2.24) is 4.90 Å². The van der Waals surface area contributed by atoms with Crippen molar-refractivity contribution in [2.75, 3.05) is 6.54 Å². The summed E-state index contributed by atoms with van der Waals surface area (Å²) in [5.74, 6) is -0.956. The molecule has 1 amide bonds. The number of carboxylic acids is 1. The highest BCUT2D eigenvalue weighted by Gasteiger charge is 2.36. The summed E-state index contributed by atoms with van der Waals surface area (Å²) in [7, 11) is 0. The first-order valence-corrected chi connectivity index (χ1v) is 6.69. The highest BCUT2D eigenvalue weighted by molar-refractivity contribution is 5.89. The zero-order chi connectivity index (χ0) is 14.6. The number of aliphatic carboxylic acids is 1. The molecular weight excluding hydrogens is 246 g/mol. The number of amides is 1. The van der Waals surface area contributed by atoms with Crippen molar-refractivity contribution in [3.05, 3.63) is 11.6 Å². The molecule has 0 saturated carbocycles. The van der Waals surface area contributed by atoms with Crippen LogP contribution in [0.5, 0.6) is 0 Å². The zero-order valence-corrected chi connectivity index (χ0v) is 12.1. The van der Waals surface area contributed by atoms with Crippen molar-refractivity contribution in [3.63, 3.8) is 0 Å². The first-order chi connectivity index (χ1) is 8.76. The maximum absolute atomic E-state index is 12.1. The second-order valence-corrected chi connectivity index (χ2v) is 5.70. The first kappa shape index (κ1) is 15.5. The third kappa shape index (κ3) is 4.26. The van der Waals surface area contributed by atoms with Crippen LogP contribution < -0.4 is 0 Å². The minimum absolute atomic E-state index is 0.297. The topological polar surface area (TPSA) is 66.8 Å². The van der Waals surface area contributed by atoms with E-state index in [0.29, 0.717) is 25.0 Å². The molecule has 0 bridgehead atoms. The van der Waals surface area contributed by atoms with Crippen LogP contribution in [0.4, 0.5) is 4.79 Å². The average Bonchev–Trinajstić information content (AvgIpc) is 2.71. The van der Waals surface area contributed by atoms with Gasteiger partial charge in [-0.15, -0.1) is 0 Å². The van der Waals surface area contributed by atoms with Crippen LogP contribution in [0.2, 0.25) is 0 Å². The zero-order valence-electron chi connectivity index (χ0n) is 12.1. The van der Waals surface area contributed by atoms with Gasteiger partial charge in [0.05, 0.1) is 11.6 Å². The number of likely N-dealkylation sites (tertiary alicyclic amines) is 1. The first-order valence-electron chi connectivity index (χ1n) is 6.69. The van der Waals surface area contributed by atoms with Crippen molar-refractivity contribution in [1.29, 1.82) is 0 Å². The van der Waals surface area contributed by atoms with Gasteiger partial charge in [0.15, 0.2) is 0 Å². The number of rotatable bonds is 3. The van der Waals surface area contributed by atoms with E-state index in [0.717, 1.165) is 6.42 Å². The molecule has 1 aliphatic heterocycles. The van der Waals surface area contributed by atoms with Crippen LogP contribution in [0.3, 0.4) is 0 Å². The van der Waals surface area contributed by atoms with Crippen molar-refractivity contribution >= 4 is 12.1 Å². The predicted molar refractivity (Wildman–Crippen MR) is 72.0 cm³/mol. The van der Waals surface area contributed by atoms with Gasteiger partial charge in [0.2, 0.25) is 0 Å². The Labute approximate surface area is 114 Å². The van der Waals surface area contributed by atoms with Gasteiger partial charge in [0.1, 0.15) is 5.60 Å². The molecule has 0 aromatic rings. The second kappa shape index (κ2) is 6.08. The predicted octanol–water partition coefficient (Wildman–Crippen LogP) is 2.81. The molecule has 0 spiro atoms. The van der Waals surface area contributed by atoms with Crippen LogP contribution in [0.25, 0.3) is 0 Å². The maximum atomic E-state index is 12.1. The van der Waals surface area contributed by atoms with E-state index in [4.69, 9.17) is 4.74 Å². The molecule has 1 aliphatic rings. The Bertz CT molecular complexity index is 381. The van der Waals surface area contributed by atoms with Crippen LogP contribution in [0.15, 0.2) is 11.6 Å². The van der Waals surface area contributed by atoms with Crippen LogP contribution in [0.1, 0.15) is 47.0 Å². The van der Waals surface area contributed by atoms with E-state index in [9.17, 15) is 14.7 Å². The van der Waals surface area contributed by atoms with Crippen LogP contribution in [0, 0.1) is 0 Å². The highest BCUT2D eigenvalue weighted by Crippen LogP contribution is 2.26. The Morgan fingerprint density at radius 2 is 2.05 bits per heavy atom. The van der Waals surface area contributed by atoms with Gasteiger partial charge < -0.3 is 14.7 Å². The number of carbonyl (C=O) groups excluding carboxylic acids is 1. The summed E-state index contributed by atoms with van der Waals surface area (Å²) in [6.45, 7) is 7.84. The van der Waals surface area contributed by atoms with Crippen LogP contribution in [-0.4, -0.2) is 40.3 Å². The number of carbonyl (C=O) groups is 2. The summed E-state index contributed by atoms with van der Waals surface area (Å²) in [4.78, 5) is 24.9. The minimum Gasteiger partial charge on any atom is -0.478 e. The van der Waals surface area contributed by atoms with E-state index in [1.54, 1.807) is 26.8 Å². The summed E-state index contributed by atoms with van der Waals surface area (Å²) in [5.41, 5.74) is -0.270. The lowest BCUT2D eigenvalue weighted by Gasteiger charge is -2.28. The van der Waals surface area contributed by atoms with Gasteiger partial charge in [0.25, 0.3) is 0 Å². The molecule has 0 aromatic heterocycles. The Morgan fingerprint density at radius 3 is 2.53 bits per heavy atom. The molecule has 108 valence electrons. The molecule has 1 atom stereocenters. The van der Waals surface area contributed by atoms with Gasteiger partial charge in [-0.25, -0.2) is 9.59 Å². The monoisotopic (exact) mass is 269 g/mol. The number of allylic oxidation sites excluding steroid dienone is 1. The lowest BCUT2D eigenvalue weighted by Crippen LogP contribution is -2.41. The van der Waals surface area contributed by atoms with Crippen molar-refractivity contribution < 1.29 is 19.4 Å². The third-order valence-electron chi connectivity index (χ3n) is 2.91. The van der Waals surface area contributed by atoms with Gasteiger partial charge in [0, 0.05) is 6.54 Å². The second-order valence-electron chi connectivity index (χ2n) is 5.70. The summed E-state index contributed by atoms with van der Waals surface area (Å²) in [6, 6.07) is -0.368. The lowest BCUT2D eigenvalue weighted by molar-refractivity contribution is -0.133. The van der Waals surface area contributed by atoms with Gasteiger partial charge in [-0.2, -0.15) is 0 Å². The molecule has 0 aromatic carbocycles. The molecule has 1 fully saturated rings. The quantitative estimate of drug-likeness (QED) is 0.800. The van der Waals surface area contributed by atoms with Crippen LogP contribution in [-0.2, 0) is 9.53 Å². The summed E-state index contributed by atoms with van der Waals surface area (Å²) in [6.07, 6.45) is 3.37. The normalized spacial score (nSPS) is 20.5. The maximum Gasteiger partial charge on any atom is 0.410 e. The van der Waals surface area contributed by atoms with E-state index in [-0.39, 0.29) is 6.04 Å². The number of hydrogen-bond acceptors (Lipinski definition) is 3. The molecule has 0 radical (unpaired) electrons. The average molecular weight is 269 g/mol. The van der Waals surface area contributed by atoms with E-state index in [2.05, 4.69) is 0 Å². The van der Waals surface area contributed by atoms with E-state index in [1.165, 1.54) is 4.90 Å². The minimum atomic E-state index is -0.956. The van der Waals surface area contributed by atoms with E-state index in [1.807, 2.05) is 6.92 Å². The van der Waals surface area contributed by atoms with E-state index >= 15 is 0 Å². The molecule has 1 heterocycles. The molecule has 1 N–H and O–H groups in total. The standard InChI is InChI=1S/C14H23NO4/c1-5-7-10(12(16)17)11-8-6-9-15(11)13(18)19-14(2,3)4/h7,11H,5-6,8-9H2,1-4H3,(H,16,17). The lowest BCUT2D eigenvalue weighted by atomic mass is 10.0. The van der Waals surface area contributed by atoms with Gasteiger partial charge in [-0.3, -0.25) is 0 Å².